The number of allylic oxidation sites excluding steroid dienone is 5. The fourth-order valence-electron chi connectivity index (χ4n) is 7.96. The minimum Gasteiger partial charge on any atom is -0.394 e. The van der Waals surface area contributed by atoms with Gasteiger partial charge in [0.15, 0.2) is 6.29 Å². The van der Waals surface area contributed by atoms with Crippen molar-refractivity contribution in [2.75, 3.05) is 13.2 Å². The van der Waals surface area contributed by atoms with Gasteiger partial charge in [-0.3, -0.25) is 4.79 Å². The van der Waals surface area contributed by atoms with Crippen LogP contribution in [0.1, 0.15) is 226 Å². The molecule has 0 aliphatic carbocycles. The third-order valence-electron chi connectivity index (χ3n) is 12.0. The largest absolute Gasteiger partial charge is 0.394 e. The summed E-state index contributed by atoms with van der Waals surface area (Å²) in [4.78, 5) is 12.9. The summed E-state index contributed by atoms with van der Waals surface area (Å²) < 4.78 is 11.2. The highest BCUT2D eigenvalue weighted by Gasteiger charge is 2.44. The Morgan fingerprint density at radius 1 is 0.567 bits per heavy atom. The second-order valence-corrected chi connectivity index (χ2v) is 17.6. The predicted molar refractivity (Wildman–Crippen MR) is 249 cm³/mol. The molecule has 1 aliphatic heterocycles. The number of nitrogens with one attached hydrogen (secondary N) is 1. The Morgan fingerprint density at radius 3 is 1.38 bits per heavy atom. The molecule has 0 aromatic heterocycles. The van der Waals surface area contributed by atoms with Crippen LogP contribution < -0.4 is 5.32 Å². The molecule has 0 bridgehead atoms. The molecule has 0 aromatic carbocycles. The van der Waals surface area contributed by atoms with Crippen molar-refractivity contribution in [2.45, 2.75) is 269 Å². The maximum Gasteiger partial charge on any atom is 0.220 e. The number of aliphatic hydroxyl groups excluding tert-OH is 5. The summed E-state index contributed by atoms with van der Waals surface area (Å²) in [7, 11) is 0. The molecule has 0 spiro atoms. The van der Waals surface area contributed by atoms with Gasteiger partial charge in [-0.25, -0.2) is 0 Å². The van der Waals surface area contributed by atoms with E-state index in [0.29, 0.717) is 6.42 Å². The molecule has 7 atom stereocenters. The Morgan fingerprint density at radius 2 is 0.967 bits per heavy atom. The smallest absolute Gasteiger partial charge is 0.220 e. The van der Waals surface area contributed by atoms with Crippen LogP contribution in [0, 0.1) is 0 Å². The predicted octanol–water partition coefficient (Wildman–Crippen LogP) is 11.2. The number of carbonyl (C=O) groups excluding carboxylic acids is 1. The Hall–Kier alpha value is -1.59. The summed E-state index contributed by atoms with van der Waals surface area (Å²) in [6.45, 7) is 3.64. The summed E-state index contributed by atoms with van der Waals surface area (Å²) >= 11 is 0. The molecule has 0 aromatic rings. The number of carbonyl (C=O) groups is 1. The van der Waals surface area contributed by atoms with Crippen LogP contribution in [0.2, 0.25) is 0 Å². The average Bonchev–Trinajstić information content (AvgIpc) is 3.25. The van der Waals surface area contributed by atoms with Gasteiger partial charge >= 0.3 is 0 Å². The first-order chi connectivity index (χ1) is 29.3. The van der Waals surface area contributed by atoms with Crippen molar-refractivity contribution in [3.05, 3.63) is 36.5 Å². The molecule has 1 rings (SSSR count). The first-order valence-electron chi connectivity index (χ1n) is 25.2. The fourth-order valence-corrected chi connectivity index (χ4v) is 7.96. The highest BCUT2D eigenvalue weighted by molar-refractivity contribution is 5.76. The van der Waals surface area contributed by atoms with E-state index >= 15 is 0 Å². The molecular formula is C51H95NO8. The number of ether oxygens (including phenoxy) is 2. The Kier molecular flexibility index (Phi) is 39.0. The number of aliphatic hydroxyl groups is 5. The van der Waals surface area contributed by atoms with E-state index in [2.05, 4.69) is 43.5 Å². The zero-order valence-electron chi connectivity index (χ0n) is 38.7. The lowest BCUT2D eigenvalue weighted by atomic mass is 9.99. The van der Waals surface area contributed by atoms with Gasteiger partial charge in [0.05, 0.1) is 25.4 Å². The number of hydrogen-bond donors (Lipinski definition) is 6. The van der Waals surface area contributed by atoms with E-state index in [0.717, 1.165) is 51.4 Å². The zero-order valence-corrected chi connectivity index (χ0v) is 38.7. The van der Waals surface area contributed by atoms with Crippen LogP contribution in [-0.4, -0.2) is 87.5 Å². The van der Waals surface area contributed by atoms with Crippen molar-refractivity contribution in [1.29, 1.82) is 0 Å². The standard InChI is InChI=1S/C51H95NO8/c1-3-5-7-9-11-13-15-16-17-18-19-20-21-22-23-24-25-26-27-28-29-30-31-33-35-37-39-41-47(55)52-44(43-59-51-50(58)49(57)48(56)46(42-53)60-51)45(54)40-38-36-34-32-14-12-10-8-6-4-2/h6,8,14,32,38,40,44-46,48-51,53-54,56-58H,3-5,7,9-13,15-31,33-37,39,41-43H2,1-2H3,(H,52,55)/b8-6+,32-14+,40-38+. The lowest BCUT2D eigenvalue weighted by Gasteiger charge is -2.40. The van der Waals surface area contributed by atoms with Crippen molar-refractivity contribution >= 4 is 5.91 Å². The number of unbranched alkanes of at least 4 members (excludes halogenated alkanes) is 28. The first-order valence-corrected chi connectivity index (χ1v) is 25.2. The zero-order chi connectivity index (χ0) is 43.7. The number of amides is 1. The Balaban J connectivity index is 2.16. The molecule has 6 N–H and O–H groups in total. The topological polar surface area (TPSA) is 149 Å². The fraction of sp³-hybridized carbons (Fsp3) is 0.863. The summed E-state index contributed by atoms with van der Waals surface area (Å²) in [5.41, 5.74) is 0. The van der Waals surface area contributed by atoms with E-state index in [1.165, 1.54) is 154 Å². The van der Waals surface area contributed by atoms with E-state index < -0.39 is 49.5 Å². The molecule has 1 saturated heterocycles. The van der Waals surface area contributed by atoms with Crippen molar-refractivity contribution in [2.24, 2.45) is 0 Å². The molecule has 0 radical (unpaired) electrons. The van der Waals surface area contributed by atoms with Gasteiger partial charge in [-0.1, -0.05) is 217 Å². The van der Waals surface area contributed by atoms with Gasteiger partial charge in [0, 0.05) is 6.42 Å². The maximum atomic E-state index is 12.9. The van der Waals surface area contributed by atoms with E-state index in [9.17, 15) is 30.3 Å². The van der Waals surface area contributed by atoms with Gasteiger partial charge < -0.3 is 40.3 Å². The quantitative estimate of drug-likeness (QED) is 0.0263. The highest BCUT2D eigenvalue weighted by atomic mass is 16.7. The van der Waals surface area contributed by atoms with Gasteiger partial charge in [-0.15, -0.1) is 0 Å². The van der Waals surface area contributed by atoms with Gasteiger partial charge in [-0.2, -0.15) is 0 Å². The normalized spacial score (nSPS) is 20.8. The molecule has 1 amide bonds. The van der Waals surface area contributed by atoms with Crippen molar-refractivity contribution < 1.29 is 39.8 Å². The Bertz CT molecular complexity index is 1030. The van der Waals surface area contributed by atoms with E-state index in [1.807, 2.05) is 6.08 Å². The maximum absolute atomic E-state index is 12.9. The van der Waals surface area contributed by atoms with Crippen molar-refractivity contribution in [1.82, 2.24) is 5.32 Å². The second-order valence-electron chi connectivity index (χ2n) is 17.6. The van der Waals surface area contributed by atoms with Crippen molar-refractivity contribution in [3.8, 4) is 0 Å². The van der Waals surface area contributed by atoms with Crippen LogP contribution in [0.4, 0.5) is 0 Å². The van der Waals surface area contributed by atoms with Gasteiger partial charge in [-0.05, 0) is 38.5 Å². The molecule has 60 heavy (non-hydrogen) atoms. The molecule has 7 unspecified atom stereocenters. The van der Waals surface area contributed by atoms with Gasteiger partial charge in [0.1, 0.15) is 24.4 Å². The second kappa shape index (κ2) is 41.4. The molecule has 1 fully saturated rings. The van der Waals surface area contributed by atoms with E-state index in [1.54, 1.807) is 6.08 Å². The van der Waals surface area contributed by atoms with Crippen LogP contribution in [-0.2, 0) is 14.3 Å². The lowest BCUT2D eigenvalue weighted by Crippen LogP contribution is -2.60. The van der Waals surface area contributed by atoms with Gasteiger partial charge in [0.2, 0.25) is 5.91 Å². The van der Waals surface area contributed by atoms with E-state index in [4.69, 9.17) is 9.47 Å². The number of rotatable bonds is 42. The van der Waals surface area contributed by atoms with Crippen LogP contribution in [0.15, 0.2) is 36.5 Å². The minimum atomic E-state index is -1.57. The summed E-state index contributed by atoms with van der Waals surface area (Å²) in [6.07, 6.45) is 45.2. The third kappa shape index (κ3) is 31.3. The third-order valence-corrected chi connectivity index (χ3v) is 12.0. The molecule has 1 aliphatic rings. The number of hydrogen-bond acceptors (Lipinski definition) is 8. The molecule has 1 heterocycles. The van der Waals surface area contributed by atoms with Crippen LogP contribution >= 0.6 is 0 Å². The lowest BCUT2D eigenvalue weighted by molar-refractivity contribution is -0.302. The molecule has 9 nitrogen and oxygen atoms in total. The minimum absolute atomic E-state index is 0.190. The SMILES string of the molecule is CC/C=C/CC/C=C/CC/C=C/C(O)C(COC1OC(CO)C(O)C(O)C1O)NC(=O)CCCCCCCCCCCCCCCCCCCCCCCCCCCCC. The summed E-state index contributed by atoms with van der Waals surface area (Å²) in [5, 5.41) is 54.1. The van der Waals surface area contributed by atoms with Crippen LogP contribution in [0.5, 0.6) is 0 Å². The summed E-state index contributed by atoms with van der Waals surface area (Å²) in [6, 6.07) is -0.823. The molecule has 9 heteroatoms. The van der Waals surface area contributed by atoms with Crippen LogP contribution in [0.3, 0.4) is 0 Å². The highest BCUT2D eigenvalue weighted by Crippen LogP contribution is 2.23. The molecule has 352 valence electrons. The van der Waals surface area contributed by atoms with Crippen molar-refractivity contribution in [3.63, 3.8) is 0 Å². The average molecular weight is 850 g/mol. The monoisotopic (exact) mass is 850 g/mol. The van der Waals surface area contributed by atoms with E-state index in [-0.39, 0.29) is 12.5 Å². The Labute approximate surface area is 368 Å². The molecule has 0 saturated carbocycles. The van der Waals surface area contributed by atoms with Gasteiger partial charge in [0.25, 0.3) is 0 Å². The first kappa shape index (κ1) is 56.4. The summed E-state index contributed by atoms with van der Waals surface area (Å²) in [5.74, 6) is -0.190. The van der Waals surface area contributed by atoms with Crippen LogP contribution in [0.25, 0.3) is 0 Å². The molecular weight excluding hydrogens is 755 g/mol.